The van der Waals surface area contributed by atoms with Crippen molar-refractivity contribution in [2.75, 3.05) is 26.2 Å². The molecule has 0 aliphatic carbocycles. The zero-order valence-corrected chi connectivity index (χ0v) is 53.4. The molecule has 4 aromatic rings. The average molecular weight is 1280 g/mol. The molecule has 0 aliphatic heterocycles. The molecule has 0 bridgehead atoms. The predicted molar refractivity (Wildman–Crippen MR) is 282 cm³/mol. The van der Waals surface area contributed by atoms with Crippen molar-refractivity contribution in [2.45, 2.75) is 215 Å². The molecule has 2 N–H and O–H groups in total. The molecule has 2 radical (unpaired) electrons. The van der Waals surface area contributed by atoms with Crippen LogP contribution in [0, 0.1) is 55.4 Å². The van der Waals surface area contributed by atoms with E-state index < -0.39 is 15.6 Å². The van der Waals surface area contributed by atoms with Gasteiger partial charge in [0.05, 0.1) is 26.2 Å². The van der Waals surface area contributed by atoms with Gasteiger partial charge in [0, 0.05) is 93.9 Å². The fraction of sp³-hybridized carbons (Fsp3) is 0.750. The maximum absolute atomic E-state index is 10.7. The van der Waals surface area contributed by atoms with E-state index >= 15 is 0 Å². The predicted octanol–water partition coefficient (Wildman–Crippen LogP) is 18.7. The Morgan fingerprint density at radius 3 is 0.513 bits per heavy atom. The van der Waals surface area contributed by atoms with Gasteiger partial charge in [-0.2, -0.15) is 0 Å². The summed E-state index contributed by atoms with van der Waals surface area (Å²) in [5, 5.41) is 20.1. The molecule has 78 heavy (non-hydrogen) atoms. The summed E-state index contributed by atoms with van der Waals surface area (Å²) in [5.74, 6) is 4.25. The van der Waals surface area contributed by atoms with Crippen LogP contribution in [0.1, 0.15) is 205 Å². The largest absolute Gasteiger partial charge is 2.00 e. The molecule has 0 aliphatic rings. The second-order valence-corrected chi connectivity index (χ2v) is 24.9. The Bertz CT molecular complexity index is 2070. The van der Waals surface area contributed by atoms with Crippen molar-refractivity contribution in [3.05, 3.63) is 66.8 Å². The van der Waals surface area contributed by atoms with E-state index in [1.807, 2.05) is 0 Å². The molecule has 30 heteroatoms. The van der Waals surface area contributed by atoms with Gasteiger partial charge >= 0.3 is 100 Å². The minimum Gasteiger partial charge on any atom is -0.870 e. The van der Waals surface area contributed by atoms with Crippen LogP contribution in [0.4, 0.5) is 74.2 Å². The maximum atomic E-state index is 9.87. The SMILES string of the molecule is Cc1c(C)[n+](C(C)C)c([N-]CC[N-]c2n(C(C)C)c(C)c(C)[n+]2C(C)C)n1C(C)C.Cc1c(C)[n+](C(C)C)c([N-]CC[N-]c2n(C(C)C)c(C)c(C)[n+]2C(C)C)n1C(C)C.F[P-](F)(F)(F)(F)F.F[P-](F)(F)(F)(F)F.[Cu+2].[Cu+2].[OH-].[OH-]. The summed E-state index contributed by atoms with van der Waals surface area (Å²) in [6, 6.07) is 3.04. The van der Waals surface area contributed by atoms with Crippen molar-refractivity contribution in [3.8, 4) is 0 Å². The molecule has 0 spiro atoms. The van der Waals surface area contributed by atoms with E-state index in [9.17, 15) is 50.4 Å². The molecule has 0 aromatic carbocycles. The number of hydrogen-bond donors (Lipinski definition) is 0. The number of nitrogens with zero attached hydrogens (tertiary/aromatic N) is 12. The van der Waals surface area contributed by atoms with E-state index in [4.69, 9.17) is 21.3 Å². The van der Waals surface area contributed by atoms with Crippen LogP contribution in [0.2, 0.25) is 0 Å². The van der Waals surface area contributed by atoms with Crippen LogP contribution in [0.25, 0.3) is 21.3 Å². The van der Waals surface area contributed by atoms with Gasteiger partial charge in [-0.25, -0.2) is 0 Å². The van der Waals surface area contributed by atoms with E-state index in [0.29, 0.717) is 74.5 Å². The molecule has 0 fully saturated rings. The molecule has 0 saturated carbocycles. The van der Waals surface area contributed by atoms with Gasteiger partial charge in [-0.1, -0.05) is 0 Å². The molecule has 0 amide bonds. The summed E-state index contributed by atoms with van der Waals surface area (Å²) in [6.07, 6.45) is 0. The fourth-order valence-corrected chi connectivity index (χ4v) is 9.21. The molecular formula is C48H90Cu2F12N12O2P2. The van der Waals surface area contributed by atoms with Crippen LogP contribution in [-0.2, 0) is 34.1 Å². The third kappa shape index (κ3) is 25.0. The van der Waals surface area contributed by atoms with Crippen molar-refractivity contribution in [1.82, 2.24) is 18.3 Å². The van der Waals surface area contributed by atoms with E-state index in [1.54, 1.807) is 0 Å². The Balaban J connectivity index is -0.000000540. The van der Waals surface area contributed by atoms with E-state index in [2.05, 4.69) is 203 Å². The van der Waals surface area contributed by atoms with E-state index in [1.165, 1.54) is 45.6 Å². The molecule has 0 atom stereocenters. The van der Waals surface area contributed by atoms with Crippen molar-refractivity contribution >= 4 is 39.4 Å². The second kappa shape index (κ2) is 27.9. The molecule has 0 saturated heterocycles. The minimum atomic E-state index is -10.7. The first-order valence-corrected chi connectivity index (χ1v) is 29.1. The average Bonchev–Trinajstić information content (AvgIpc) is 3.78. The minimum absolute atomic E-state index is 0. The van der Waals surface area contributed by atoms with Gasteiger partial charge < -0.3 is 47.5 Å². The number of imidazole rings is 4. The van der Waals surface area contributed by atoms with Crippen LogP contribution in [0.5, 0.6) is 0 Å². The van der Waals surface area contributed by atoms with Gasteiger partial charge in [-0.05, 0) is 166 Å². The number of rotatable bonds is 18. The Morgan fingerprint density at radius 1 is 0.308 bits per heavy atom. The Hall–Kier alpha value is -2.98. The maximum Gasteiger partial charge on any atom is 2.00 e. The summed E-state index contributed by atoms with van der Waals surface area (Å²) in [6.45, 7) is 56.0. The third-order valence-electron chi connectivity index (χ3n) is 12.1. The zero-order valence-electron chi connectivity index (χ0n) is 49.7. The van der Waals surface area contributed by atoms with Crippen LogP contribution in [0.15, 0.2) is 0 Å². The number of halogens is 12. The summed E-state index contributed by atoms with van der Waals surface area (Å²) >= 11 is 0. The summed E-state index contributed by atoms with van der Waals surface area (Å²) in [4.78, 5) is 0. The molecule has 4 heterocycles. The first kappa shape index (κ1) is 81.5. The number of hydrogen-bond acceptors (Lipinski definition) is 2. The van der Waals surface area contributed by atoms with Crippen LogP contribution < -0.4 is 18.3 Å². The topological polar surface area (TPSA) is 152 Å². The van der Waals surface area contributed by atoms with Gasteiger partial charge in [0.1, 0.15) is 0 Å². The zero-order chi connectivity index (χ0) is 58.6. The molecule has 4 rings (SSSR count). The standard InChI is InChI=1S/2C24H44N6.2Cu.2F6P.2H2O/c2*1-15(2)27-19(9)20(10)28(16(3)4)23(27)25-13-14-26-24-29(17(5)6)21(11)22(12)30(24)18(7)8;;;2*1-7(2,3,4,5)6;;/h2*15-18H,13-14H2,1-12H3;;;;;2*1H2/q;;2*+2;2*-1;;/p-2. The van der Waals surface area contributed by atoms with Gasteiger partial charge in [-0.3, -0.25) is 21.3 Å². The molecule has 0 unspecified atom stereocenters. The molecule has 4 aromatic heterocycles. The normalized spacial score (nSPS) is 13.5. The van der Waals surface area contributed by atoms with Crippen LogP contribution in [0.3, 0.4) is 0 Å². The van der Waals surface area contributed by atoms with Gasteiger partial charge in [0.25, 0.3) is 0 Å². The van der Waals surface area contributed by atoms with Crippen LogP contribution in [-0.4, -0.2) is 55.4 Å². The summed E-state index contributed by atoms with van der Waals surface area (Å²) in [7, 11) is -21.3. The van der Waals surface area contributed by atoms with Crippen molar-refractivity contribution < 1.29 is 114 Å². The third-order valence-corrected chi connectivity index (χ3v) is 12.1. The first-order valence-electron chi connectivity index (χ1n) is 25.1. The quantitative estimate of drug-likeness (QED) is 0.0320. The summed E-state index contributed by atoms with van der Waals surface area (Å²) in [5.41, 5.74) is 10.4. The van der Waals surface area contributed by atoms with E-state index in [-0.39, 0.29) is 45.1 Å². The first-order chi connectivity index (χ1) is 32.7. The van der Waals surface area contributed by atoms with Crippen LogP contribution >= 0.6 is 15.6 Å². The second-order valence-electron chi connectivity index (χ2n) is 21.0. The van der Waals surface area contributed by atoms with Crippen molar-refractivity contribution in [3.63, 3.8) is 0 Å². The van der Waals surface area contributed by atoms with Gasteiger partial charge in [-0.15, -0.1) is 0 Å². The van der Waals surface area contributed by atoms with E-state index in [0.717, 1.165) is 23.8 Å². The number of aromatic nitrogens is 8. The molecule has 14 nitrogen and oxygen atoms in total. The Kier molecular flexibility index (Phi) is 29.1. The van der Waals surface area contributed by atoms with Gasteiger partial charge in [0.15, 0.2) is 0 Å². The summed E-state index contributed by atoms with van der Waals surface area (Å²) < 4.78 is 137. The van der Waals surface area contributed by atoms with Crippen molar-refractivity contribution in [2.24, 2.45) is 0 Å². The monoisotopic (exact) mass is 1280 g/mol. The molecule has 470 valence electrons. The Morgan fingerprint density at radius 2 is 0.423 bits per heavy atom. The Labute approximate surface area is 476 Å². The van der Waals surface area contributed by atoms with Crippen molar-refractivity contribution in [1.29, 1.82) is 0 Å². The molecular weight excluding hydrogens is 1190 g/mol. The van der Waals surface area contributed by atoms with Gasteiger partial charge in [0.2, 0.25) is 23.8 Å². The fourth-order valence-electron chi connectivity index (χ4n) is 9.21. The smallest absolute Gasteiger partial charge is 0.870 e.